The quantitative estimate of drug-likeness (QED) is 0.811. The van der Waals surface area contributed by atoms with E-state index in [-0.39, 0.29) is 11.4 Å². The predicted molar refractivity (Wildman–Crippen MR) is 88.4 cm³/mol. The third kappa shape index (κ3) is 3.88. The summed E-state index contributed by atoms with van der Waals surface area (Å²) >= 11 is 1.69. The van der Waals surface area contributed by atoms with Gasteiger partial charge in [0.05, 0.1) is 11.2 Å². The SMILES string of the molecule is COC1(COc2cccc(F)c2)CCN(Cc2scnc2C)C1. The van der Waals surface area contributed by atoms with Crippen LogP contribution < -0.4 is 4.74 Å². The summed E-state index contributed by atoms with van der Waals surface area (Å²) in [6.45, 7) is 5.11. The standard InChI is InChI=1S/C17H21FN2O2S/c1-13-16(23-12-19-13)9-20-7-6-17(10-20,21-2)11-22-15-5-3-4-14(18)8-15/h3-5,8,12H,6-7,9-11H2,1-2H3. The summed E-state index contributed by atoms with van der Waals surface area (Å²) in [4.78, 5) is 7.95. The summed E-state index contributed by atoms with van der Waals surface area (Å²) in [5.74, 6) is 0.251. The molecule has 2 heterocycles. The lowest BCUT2D eigenvalue weighted by atomic mass is 10.0. The van der Waals surface area contributed by atoms with Crippen LogP contribution in [0.5, 0.6) is 5.75 Å². The number of hydrogen-bond acceptors (Lipinski definition) is 5. The molecule has 3 rings (SSSR count). The highest BCUT2D eigenvalue weighted by atomic mass is 32.1. The van der Waals surface area contributed by atoms with Gasteiger partial charge in [-0.1, -0.05) is 6.07 Å². The van der Waals surface area contributed by atoms with Crippen LogP contribution in [0.3, 0.4) is 0 Å². The second-order valence-electron chi connectivity index (χ2n) is 5.95. The molecule has 23 heavy (non-hydrogen) atoms. The first-order chi connectivity index (χ1) is 11.1. The van der Waals surface area contributed by atoms with Gasteiger partial charge in [0.15, 0.2) is 0 Å². The number of benzene rings is 1. The van der Waals surface area contributed by atoms with E-state index in [1.165, 1.54) is 17.0 Å². The zero-order chi connectivity index (χ0) is 16.3. The maximum absolute atomic E-state index is 13.2. The molecule has 0 amide bonds. The molecule has 4 nitrogen and oxygen atoms in total. The number of halogens is 1. The van der Waals surface area contributed by atoms with Crippen molar-refractivity contribution in [2.75, 3.05) is 26.8 Å². The van der Waals surface area contributed by atoms with E-state index in [0.29, 0.717) is 12.4 Å². The van der Waals surface area contributed by atoms with Crippen LogP contribution in [-0.4, -0.2) is 42.3 Å². The Kier molecular flexibility index (Phi) is 4.94. The lowest BCUT2D eigenvalue weighted by molar-refractivity contribution is -0.0359. The van der Waals surface area contributed by atoms with Gasteiger partial charge in [-0.3, -0.25) is 4.90 Å². The van der Waals surface area contributed by atoms with Crippen molar-refractivity contribution in [1.82, 2.24) is 9.88 Å². The average Bonchev–Trinajstić information content (AvgIpc) is 3.14. The Morgan fingerprint density at radius 2 is 2.30 bits per heavy atom. The van der Waals surface area contributed by atoms with Gasteiger partial charge in [-0.2, -0.15) is 0 Å². The largest absolute Gasteiger partial charge is 0.490 e. The van der Waals surface area contributed by atoms with E-state index in [1.807, 2.05) is 12.4 Å². The van der Waals surface area contributed by atoms with Crippen molar-refractivity contribution in [2.24, 2.45) is 0 Å². The monoisotopic (exact) mass is 336 g/mol. The number of rotatable bonds is 6. The third-order valence-electron chi connectivity index (χ3n) is 4.34. The summed E-state index contributed by atoms with van der Waals surface area (Å²) < 4.78 is 24.8. The molecule has 1 saturated heterocycles. The number of nitrogens with zero attached hydrogens (tertiary/aromatic N) is 2. The number of aromatic nitrogens is 1. The van der Waals surface area contributed by atoms with E-state index < -0.39 is 0 Å². The number of likely N-dealkylation sites (tertiary alicyclic amines) is 1. The van der Waals surface area contributed by atoms with E-state index in [9.17, 15) is 4.39 Å². The first-order valence-electron chi connectivity index (χ1n) is 7.65. The fraction of sp³-hybridized carbons (Fsp3) is 0.471. The van der Waals surface area contributed by atoms with Gasteiger partial charge in [-0.15, -0.1) is 11.3 Å². The van der Waals surface area contributed by atoms with Gasteiger partial charge in [0, 0.05) is 37.7 Å². The van der Waals surface area contributed by atoms with Crippen LogP contribution in [0.1, 0.15) is 17.0 Å². The summed E-state index contributed by atoms with van der Waals surface area (Å²) in [7, 11) is 1.72. The molecule has 0 radical (unpaired) electrons. The zero-order valence-corrected chi connectivity index (χ0v) is 14.2. The van der Waals surface area contributed by atoms with Gasteiger partial charge in [0.1, 0.15) is 23.8 Å². The van der Waals surface area contributed by atoms with Crippen LogP contribution in [0.4, 0.5) is 4.39 Å². The summed E-state index contributed by atoms with van der Waals surface area (Å²) in [5, 5.41) is 0. The number of ether oxygens (including phenoxy) is 2. The molecular formula is C17H21FN2O2S. The van der Waals surface area contributed by atoms with Crippen molar-refractivity contribution in [3.05, 3.63) is 46.2 Å². The Hall–Kier alpha value is -1.50. The maximum Gasteiger partial charge on any atom is 0.126 e. The molecular weight excluding hydrogens is 315 g/mol. The fourth-order valence-corrected chi connectivity index (χ4v) is 3.68. The second kappa shape index (κ2) is 6.95. The van der Waals surface area contributed by atoms with E-state index >= 15 is 0 Å². The predicted octanol–water partition coefficient (Wildman–Crippen LogP) is 3.26. The molecule has 0 bridgehead atoms. The first kappa shape index (κ1) is 16.4. The summed E-state index contributed by atoms with van der Waals surface area (Å²) in [5.41, 5.74) is 2.64. The van der Waals surface area contributed by atoms with Crippen molar-refractivity contribution in [3.8, 4) is 5.75 Å². The van der Waals surface area contributed by atoms with Crippen LogP contribution in [-0.2, 0) is 11.3 Å². The zero-order valence-electron chi connectivity index (χ0n) is 13.4. The Labute approximate surface area is 139 Å². The minimum absolute atomic E-state index is 0.289. The van der Waals surface area contributed by atoms with Gasteiger partial charge < -0.3 is 9.47 Å². The molecule has 1 aliphatic heterocycles. The van der Waals surface area contributed by atoms with Crippen molar-refractivity contribution in [1.29, 1.82) is 0 Å². The molecule has 0 aliphatic carbocycles. The molecule has 124 valence electrons. The van der Waals surface area contributed by atoms with Gasteiger partial charge in [-0.25, -0.2) is 9.37 Å². The lowest BCUT2D eigenvalue weighted by Crippen LogP contribution is -2.41. The van der Waals surface area contributed by atoms with Crippen LogP contribution >= 0.6 is 11.3 Å². The Morgan fingerprint density at radius 3 is 3.00 bits per heavy atom. The van der Waals surface area contributed by atoms with Gasteiger partial charge in [0.2, 0.25) is 0 Å². The highest BCUT2D eigenvalue weighted by molar-refractivity contribution is 7.09. The summed E-state index contributed by atoms with van der Waals surface area (Å²) in [6, 6.07) is 6.22. The highest BCUT2D eigenvalue weighted by Gasteiger charge is 2.39. The Bertz CT molecular complexity index is 664. The van der Waals surface area contributed by atoms with Crippen LogP contribution in [0, 0.1) is 12.7 Å². The normalized spacial score (nSPS) is 21.7. The molecule has 6 heteroatoms. The third-order valence-corrected chi connectivity index (χ3v) is 5.26. The summed E-state index contributed by atoms with van der Waals surface area (Å²) in [6.07, 6.45) is 0.899. The molecule has 1 unspecified atom stereocenters. The number of aryl methyl sites for hydroxylation is 1. The maximum atomic E-state index is 13.2. The molecule has 0 spiro atoms. The average molecular weight is 336 g/mol. The van der Waals surface area contributed by atoms with Crippen LogP contribution in [0.15, 0.2) is 29.8 Å². The van der Waals surface area contributed by atoms with Gasteiger partial charge in [-0.05, 0) is 25.5 Å². The van der Waals surface area contributed by atoms with Crippen LogP contribution in [0.25, 0.3) is 0 Å². The van der Waals surface area contributed by atoms with Gasteiger partial charge >= 0.3 is 0 Å². The van der Waals surface area contributed by atoms with E-state index in [2.05, 4.69) is 9.88 Å². The van der Waals surface area contributed by atoms with E-state index in [0.717, 1.165) is 31.7 Å². The van der Waals surface area contributed by atoms with Crippen molar-refractivity contribution in [3.63, 3.8) is 0 Å². The molecule has 1 aliphatic rings. The molecule has 1 fully saturated rings. The number of methoxy groups -OCH3 is 1. The fourth-order valence-electron chi connectivity index (χ4n) is 2.86. The van der Waals surface area contributed by atoms with Crippen molar-refractivity contribution < 1.29 is 13.9 Å². The van der Waals surface area contributed by atoms with Crippen molar-refractivity contribution >= 4 is 11.3 Å². The van der Waals surface area contributed by atoms with E-state index in [1.54, 1.807) is 30.6 Å². The molecule has 0 N–H and O–H groups in total. The van der Waals surface area contributed by atoms with E-state index in [4.69, 9.17) is 9.47 Å². The minimum atomic E-state index is -0.342. The smallest absolute Gasteiger partial charge is 0.126 e. The molecule has 2 aromatic rings. The molecule has 1 aromatic carbocycles. The minimum Gasteiger partial charge on any atom is -0.490 e. The highest BCUT2D eigenvalue weighted by Crippen LogP contribution is 2.28. The van der Waals surface area contributed by atoms with Gasteiger partial charge in [0.25, 0.3) is 0 Å². The Morgan fingerprint density at radius 1 is 1.43 bits per heavy atom. The molecule has 1 aromatic heterocycles. The first-order valence-corrected chi connectivity index (χ1v) is 8.53. The lowest BCUT2D eigenvalue weighted by Gasteiger charge is -2.28. The van der Waals surface area contributed by atoms with Crippen LogP contribution in [0.2, 0.25) is 0 Å². The molecule has 1 atom stereocenters. The second-order valence-corrected chi connectivity index (χ2v) is 6.89. The van der Waals surface area contributed by atoms with Crippen molar-refractivity contribution in [2.45, 2.75) is 25.5 Å². The number of hydrogen-bond donors (Lipinski definition) is 0. The number of thiazole rings is 1. The molecule has 0 saturated carbocycles. The Balaban J connectivity index is 1.60. The topological polar surface area (TPSA) is 34.6 Å².